The van der Waals surface area contributed by atoms with E-state index in [2.05, 4.69) is 6.92 Å². The third-order valence-electron chi connectivity index (χ3n) is 2.86. The van der Waals surface area contributed by atoms with E-state index in [0.29, 0.717) is 5.41 Å². The number of hydrogen-bond donors (Lipinski definition) is 1. The molecule has 0 amide bonds. The first-order valence-electron chi connectivity index (χ1n) is 3.41. The average Bonchev–Trinajstić information content (AvgIpc) is 1.55. The molecule has 0 aromatic heterocycles. The van der Waals surface area contributed by atoms with E-state index >= 15 is 0 Å². The van der Waals surface area contributed by atoms with Gasteiger partial charge in [-0.25, -0.2) is 0 Å². The Bertz CT molecular complexity index is 109. The standard InChI is InChI=1S/C7H12O/c1-2-6-3-7(8,4-6)5-6/h8H,2-5H2,1H3. The molecule has 1 nitrogen and oxygen atoms in total. The lowest BCUT2D eigenvalue weighted by Crippen LogP contribution is -2.66. The first-order valence-corrected chi connectivity index (χ1v) is 3.41. The highest BCUT2D eigenvalue weighted by Gasteiger charge is 2.65. The van der Waals surface area contributed by atoms with Crippen LogP contribution >= 0.6 is 0 Å². The normalized spacial score (nSPS) is 59.2. The summed E-state index contributed by atoms with van der Waals surface area (Å²) in [4.78, 5) is 0. The molecular weight excluding hydrogens is 100 g/mol. The number of aliphatic hydroxyl groups is 1. The molecule has 0 unspecified atom stereocenters. The van der Waals surface area contributed by atoms with Crippen molar-refractivity contribution in [1.82, 2.24) is 0 Å². The SMILES string of the molecule is CCC12CC(O)(C1)C2. The van der Waals surface area contributed by atoms with Crippen LogP contribution in [0.25, 0.3) is 0 Å². The Hall–Kier alpha value is -0.0400. The highest BCUT2D eigenvalue weighted by Crippen LogP contribution is 2.68. The average molecular weight is 112 g/mol. The molecule has 3 fully saturated rings. The monoisotopic (exact) mass is 112 g/mol. The van der Waals surface area contributed by atoms with Gasteiger partial charge in [-0.1, -0.05) is 13.3 Å². The molecule has 0 aromatic carbocycles. The van der Waals surface area contributed by atoms with Crippen LogP contribution in [0.2, 0.25) is 0 Å². The van der Waals surface area contributed by atoms with E-state index in [4.69, 9.17) is 0 Å². The maximum absolute atomic E-state index is 9.28. The molecule has 0 atom stereocenters. The van der Waals surface area contributed by atoms with E-state index in [0.717, 1.165) is 19.3 Å². The van der Waals surface area contributed by atoms with Crippen LogP contribution in [0.5, 0.6) is 0 Å². The molecule has 3 aliphatic carbocycles. The highest BCUT2D eigenvalue weighted by atomic mass is 16.3. The summed E-state index contributed by atoms with van der Waals surface area (Å²) in [5, 5.41) is 9.28. The highest BCUT2D eigenvalue weighted by molar-refractivity contribution is 5.17. The van der Waals surface area contributed by atoms with E-state index in [1.54, 1.807) is 0 Å². The van der Waals surface area contributed by atoms with Gasteiger partial charge in [0.25, 0.3) is 0 Å². The minimum absolute atomic E-state index is 0.171. The molecule has 3 rings (SSSR count). The Morgan fingerprint density at radius 1 is 1.38 bits per heavy atom. The summed E-state index contributed by atoms with van der Waals surface area (Å²) in [6.45, 7) is 2.22. The lowest BCUT2D eigenvalue weighted by molar-refractivity contribution is -0.260. The second-order valence-electron chi connectivity index (χ2n) is 3.61. The maximum Gasteiger partial charge on any atom is 0.0663 e. The van der Waals surface area contributed by atoms with Gasteiger partial charge in [-0.05, 0) is 24.7 Å². The molecule has 0 aromatic rings. The fraction of sp³-hybridized carbons (Fsp3) is 1.00. The van der Waals surface area contributed by atoms with Gasteiger partial charge in [0, 0.05) is 0 Å². The van der Waals surface area contributed by atoms with E-state index in [-0.39, 0.29) is 5.60 Å². The molecule has 1 heteroatoms. The van der Waals surface area contributed by atoms with Gasteiger partial charge in [-0.2, -0.15) is 0 Å². The van der Waals surface area contributed by atoms with Crippen LogP contribution in [0.4, 0.5) is 0 Å². The van der Waals surface area contributed by atoms with Crippen molar-refractivity contribution in [2.45, 2.75) is 38.2 Å². The number of hydrogen-bond acceptors (Lipinski definition) is 1. The van der Waals surface area contributed by atoms with Crippen molar-refractivity contribution in [3.63, 3.8) is 0 Å². The van der Waals surface area contributed by atoms with Gasteiger partial charge in [-0.15, -0.1) is 0 Å². The lowest BCUT2D eigenvalue weighted by Gasteiger charge is -2.68. The van der Waals surface area contributed by atoms with Crippen LogP contribution in [-0.2, 0) is 0 Å². The molecule has 3 saturated carbocycles. The van der Waals surface area contributed by atoms with Crippen molar-refractivity contribution in [2.75, 3.05) is 0 Å². The first kappa shape index (κ1) is 4.80. The summed E-state index contributed by atoms with van der Waals surface area (Å²) in [6.07, 6.45) is 4.55. The van der Waals surface area contributed by atoms with Crippen LogP contribution < -0.4 is 0 Å². The molecule has 2 bridgehead atoms. The Labute approximate surface area is 49.7 Å². The van der Waals surface area contributed by atoms with Crippen molar-refractivity contribution < 1.29 is 5.11 Å². The van der Waals surface area contributed by atoms with Crippen LogP contribution in [-0.4, -0.2) is 10.7 Å². The predicted octanol–water partition coefficient (Wildman–Crippen LogP) is 1.31. The van der Waals surface area contributed by atoms with Gasteiger partial charge >= 0.3 is 0 Å². The number of rotatable bonds is 1. The Balaban J connectivity index is 2.04. The van der Waals surface area contributed by atoms with Crippen LogP contribution in [0.1, 0.15) is 32.6 Å². The van der Waals surface area contributed by atoms with Crippen LogP contribution in [0.3, 0.4) is 0 Å². The van der Waals surface area contributed by atoms with Crippen LogP contribution in [0.15, 0.2) is 0 Å². The van der Waals surface area contributed by atoms with E-state index < -0.39 is 0 Å². The molecule has 3 aliphatic rings. The minimum atomic E-state index is -0.171. The topological polar surface area (TPSA) is 20.2 Å². The Kier molecular flexibility index (Phi) is 0.583. The zero-order chi connectivity index (χ0) is 5.83. The molecule has 0 spiro atoms. The smallest absolute Gasteiger partial charge is 0.0663 e. The van der Waals surface area contributed by atoms with Crippen molar-refractivity contribution in [2.24, 2.45) is 5.41 Å². The van der Waals surface area contributed by atoms with Crippen molar-refractivity contribution in [3.8, 4) is 0 Å². The minimum Gasteiger partial charge on any atom is -0.390 e. The fourth-order valence-electron chi connectivity index (χ4n) is 2.31. The molecule has 8 heavy (non-hydrogen) atoms. The summed E-state index contributed by atoms with van der Waals surface area (Å²) >= 11 is 0. The van der Waals surface area contributed by atoms with Gasteiger partial charge < -0.3 is 5.11 Å². The third kappa shape index (κ3) is 0.334. The van der Waals surface area contributed by atoms with Crippen molar-refractivity contribution in [1.29, 1.82) is 0 Å². The molecule has 46 valence electrons. The van der Waals surface area contributed by atoms with Crippen molar-refractivity contribution in [3.05, 3.63) is 0 Å². The summed E-state index contributed by atoms with van der Waals surface area (Å²) in [6, 6.07) is 0. The van der Waals surface area contributed by atoms with Crippen molar-refractivity contribution >= 4 is 0 Å². The predicted molar refractivity (Wildman–Crippen MR) is 31.5 cm³/mol. The molecule has 0 heterocycles. The van der Waals surface area contributed by atoms with E-state index in [1.807, 2.05) is 0 Å². The second-order valence-corrected chi connectivity index (χ2v) is 3.61. The van der Waals surface area contributed by atoms with E-state index in [9.17, 15) is 5.11 Å². The maximum atomic E-state index is 9.28. The first-order chi connectivity index (χ1) is 3.68. The zero-order valence-electron chi connectivity index (χ0n) is 5.28. The summed E-state index contributed by atoms with van der Waals surface area (Å²) in [7, 11) is 0. The molecule has 0 aliphatic heterocycles. The lowest BCUT2D eigenvalue weighted by atomic mass is 9.40. The summed E-state index contributed by atoms with van der Waals surface area (Å²) < 4.78 is 0. The van der Waals surface area contributed by atoms with Gasteiger partial charge in [0.15, 0.2) is 0 Å². The second kappa shape index (κ2) is 0.971. The summed E-state index contributed by atoms with van der Waals surface area (Å²) in [5.41, 5.74) is 0.449. The largest absolute Gasteiger partial charge is 0.390 e. The summed E-state index contributed by atoms with van der Waals surface area (Å²) in [5.74, 6) is 0. The molecule has 0 saturated heterocycles. The fourth-order valence-corrected chi connectivity index (χ4v) is 2.31. The molecule has 0 radical (unpaired) electrons. The van der Waals surface area contributed by atoms with Gasteiger partial charge in [-0.3, -0.25) is 0 Å². The van der Waals surface area contributed by atoms with E-state index in [1.165, 1.54) is 6.42 Å². The zero-order valence-corrected chi connectivity index (χ0v) is 5.28. The third-order valence-corrected chi connectivity index (χ3v) is 2.86. The molecule has 1 N–H and O–H groups in total. The quantitative estimate of drug-likeness (QED) is 0.542. The Morgan fingerprint density at radius 2 is 1.88 bits per heavy atom. The Morgan fingerprint density at radius 3 is 2.00 bits per heavy atom. The van der Waals surface area contributed by atoms with Gasteiger partial charge in [0.2, 0.25) is 0 Å². The van der Waals surface area contributed by atoms with Crippen LogP contribution in [0, 0.1) is 5.41 Å². The van der Waals surface area contributed by atoms with Gasteiger partial charge in [0.05, 0.1) is 5.60 Å². The molecular formula is C7H12O. The van der Waals surface area contributed by atoms with Gasteiger partial charge in [0.1, 0.15) is 0 Å².